The minimum atomic E-state index is -1.26. The quantitative estimate of drug-likeness (QED) is 0.362. The molecule has 2 aliphatic heterocycles. The lowest BCUT2D eigenvalue weighted by atomic mass is 9.87. The first-order valence-electron chi connectivity index (χ1n) is 13.6. The van der Waals surface area contributed by atoms with Gasteiger partial charge in [0, 0.05) is 47.2 Å². The molecule has 41 heavy (non-hydrogen) atoms. The Labute approximate surface area is 234 Å². The Kier molecular flexibility index (Phi) is 7.14. The molecule has 1 aromatic carbocycles. The van der Waals surface area contributed by atoms with Gasteiger partial charge in [-0.25, -0.2) is 9.37 Å². The summed E-state index contributed by atoms with van der Waals surface area (Å²) in [5.74, 6) is -1.12. The number of fused-ring (bicyclic) bond motifs is 2. The molecule has 1 amide bonds. The highest BCUT2D eigenvalue weighted by Crippen LogP contribution is 2.43. The van der Waals surface area contributed by atoms with Crippen molar-refractivity contribution in [2.45, 2.75) is 50.9 Å². The fraction of sp³-hybridized carbons (Fsp3) is 0.414. The predicted molar refractivity (Wildman–Crippen MR) is 146 cm³/mol. The molecule has 0 spiro atoms. The van der Waals surface area contributed by atoms with E-state index in [-0.39, 0.29) is 31.0 Å². The Morgan fingerprint density at radius 1 is 1.02 bits per heavy atom. The van der Waals surface area contributed by atoms with Gasteiger partial charge in [-0.15, -0.1) is 0 Å². The molecule has 5 heterocycles. The van der Waals surface area contributed by atoms with E-state index in [4.69, 9.17) is 14.5 Å². The standard InChI is InChI=1S/C29H30FN5O6/c1-15(36)28(38)34-13-21(14-34)41-27-23-9-24-18(11-32-35(24)29(39)16(2)37)8-22(23)25(19-7-20(30)12-31-10-19)26(33-27)17-3-5-40-6-4-17/h7-12,15-17,21,36-37H,3-6,13-14H2,1-2H3/t15-,16?/m0/s1. The maximum atomic E-state index is 14.5. The van der Waals surface area contributed by atoms with Crippen molar-refractivity contribution >= 4 is 33.5 Å². The van der Waals surface area contributed by atoms with Crippen LogP contribution in [0.15, 0.2) is 36.8 Å². The van der Waals surface area contributed by atoms with E-state index in [1.54, 1.807) is 18.5 Å². The molecule has 11 nitrogen and oxygen atoms in total. The summed E-state index contributed by atoms with van der Waals surface area (Å²) in [6.07, 6.45) is 2.99. The van der Waals surface area contributed by atoms with Crippen LogP contribution in [0.5, 0.6) is 5.88 Å². The first-order valence-corrected chi connectivity index (χ1v) is 13.6. The number of nitrogens with zero attached hydrogens (tertiary/aromatic N) is 5. The van der Waals surface area contributed by atoms with E-state index in [0.717, 1.165) is 34.8 Å². The molecule has 2 saturated heterocycles. The molecule has 0 radical (unpaired) electrons. The number of aromatic nitrogens is 4. The molecule has 12 heteroatoms. The summed E-state index contributed by atoms with van der Waals surface area (Å²) in [6.45, 7) is 4.50. The smallest absolute Gasteiger partial charge is 0.275 e. The Bertz CT molecular complexity index is 1640. The summed E-state index contributed by atoms with van der Waals surface area (Å²) in [5, 5.41) is 25.7. The number of hydrogen-bond acceptors (Lipinski definition) is 9. The third-order valence-corrected chi connectivity index (χ3v) is 7.65. The number of carbonyl (C=O) groups is 2. The molecule has 3 aromatic heterocycles. The van der Waals surface area contributed by atoms with E-state index < -0.39 is 23.9 Å². The molecule has 0 bridgehead atoms. The minimum Gasteiger partial charge on any atom is -0.470 e. The largest absolute Gasteiger partial charge is 0.470 e. The van der Waals surface area contributed by atoms with Gasteiger partial charge in [0.05, 0.1) is 36.7 Å². The maximum Gasteiger partial charge on any atom is 0.275 e. The zero-order chi connectivity index (χ0) is 28.8. The summed E-state index contributed by atoms with van der Waals surface area (Å²) in [5.41, 5.74) is 2.45. The molecule has 214 valence electrons. The van der Waals surface area contributed by atoms with Gasteiger partial charge in [-0.2, -0.15) is 9.78 Å². The number of benzene rings is 1. The average Bonchev–Trinajstić information content (AvgIpc) is 3.35. The van der Waals surface area contributed by atoms with Crippen molar-refractivity contribution in [3.63, 3.8) is 0 Å². The first kappa shape index (κ1) is 27.2. The fourth-order valence-corrected chi connectivity index (χ4v) is 5.50. The number of halogens is 1. The van der Waals surface area contributed by atoms with E-state index >= 15 is 0 Å². The Morgan fingerprint density at radius 3 is 2.44 bits per heavy atom. The molecular weight excluding hydrogens is 533 g/mol. The minimum absolute atomic E-state index is 0.0127. The van der Waals surface area contributed by atoms with Crippen LogP contribution in [0.2, 0.25) is 0 Å². The lowest BCUT2D eigenvalue weighted by molar-refractivity contribution is -0.148. The van der Waals surface area contributed by atoms with Crippen molar-refractivity contribution in [3.05, 3.63) is 48.3 Å². The maximum absolute atomic E-state index is 14.5. The van der Waals surface area contributed by atoms with Gasteiger partial charge in [-0.3, -0.25) is 14.6 Å². The van der Waals surface area contributed by atoms with Crippen LogP contribution in [-0.4, -0.2) is 91.3 Å². The third-order valence-electron chi connectivity index (χ3n) is 7.65. The zero-order valence-electron chi connectivity index (χ0n) is 22.7. The van der Waals surface area contributed by atoms with E-state index in [9.17, 15) is 24.2 Å². The van der Waals surface area contributed by atoms with Crippen molar-refractivity contribution in [2.75, 3.05) is 26.3 Å². The Morgan fingerprint density at radius 2 is 1.76 bits per heavy atom. The average molecular weight is 564 g/mol. The van der Waals surface area contributed by atoms with Gasteiger partial charge in [0.25, 0.3) is 11.8 Å². The van der Waals surface area contributed by atoms with Crippen molar-refractivity contribution in [1.82, 2.24) is 24.6 Å². The van der Waals surface area contributed by atoms with Gasteiger partial charge in [-0.05, 0) is 50.3 Å². The second-order valence-electron chi connectivity index (χ2n) is 10.6. The fourth-order valence-electron chi connectivity index (χ4n) is 5.50. The van der Waals surface area contributed by atoms with E-state index in [1.807, 2.05) is 6.07 Å². The van der Waals surface area contributed by atoms with E-state index in [2.05, 4.69) is 10.1 Å². The van der Waals surface area contributed by atoms with Crippen LogP contribution in [0, 0.1) is 5.82 Å². The van der Waals surface area contributed by atoms with Crippen LogP contribution in [0.3, 0.4) is 0 Å². The number of hydrogen-bond donors (Lipinski definition) is 2. The van der Waals surface area contributed by atoms with Gasteiger partial charge < -0.3 is 24.6 Å². The SMILES string of the molecule is CC(O)C(=O)n1ncc2cc3c(-c4cncc(F)c4)c(C4CCOCC4)nc(OC4CN(C(=O)[C@H](C)O)C4)c3cc21. The summed E-state index contributed by atoms with van der Waals surface area (Å²) in [4.78, 5) is 35.5. The molecule has 2 atom stereocenters. The van der Waals surface area contributed by atoms with Crippen LogP contribution in [-0.2, 0) is 9.53 Å². The molecule has 6 rings (SSSR count). The second kappa shape index (κ2) is 10.8. The highest BCUT2D eigenvalue weighted by Gasteiger charge is 2.35. The number of aliphatic hydroxyl groups is 2. The number of likely N-dealkylation sites (tertiary alicyclic amines) is 1. The zero-order valence-corrected chi connectivity index (χ0v) is 22.7. The van der Waals surface area contributed by atoms with Crippen LogP contribution >= 0.6 is 0 Å². The van der Waals surface area contributed by atoms with Crippen LogP contribution in [0.25, 0.3) is 32.8 Å². The van der Waals surface area contributed by atoms with Gasteiger partial charge in [0.15, 0.2) is 0 Å². The van der Waals surface area contributed by atoms with Gasteiger partial charge in [0.2, 0.25) is 5.88 Å². The predicted octanol–water partition coefficient (Wildman–Crippen LogP) is 2.67. The molecule has 2 fully saturated rings. The van der Waals surface area contributed by atoms with Crippen LogP contribution in [0.4, 0.5) is 4.39 Å². The normalized spacial score (nSPS) is 17.9. The molecule has 2 N–H and O–H groups in total. The monoisotopic (exact) mass is 563 g/mol. The number of carbonyl (C=O) groups excluding carboxylic acids is 2. The summed E-state index contributed by atoms with van der Waals surface area (Å²) in [6, 6.07) is 5.02. The number of ether oxygens (including phenoxy) is 2. The highest BCUT2D eigenvalue weighted by molar-refractivity contribution is 6.08. The molecular formula is C29H30FN5O6. The van der Waals surface area contributed by atoms with Crippen molar-refractivity contribution in [2.24, 2.45) is 0 Å². The second-order valence-corrected chi connectivity index (χ2v) is 10.6. The van der Waals surface area contributed by atoms with Crippen molar-refractivity contribution < 1.29 is 33.7 Å². The topological polar surface area (TPSA) is 140 Å². The van der Waals surface area contributed by atoms with Gasteiger partial charge in [-0.1, -0.05) is 0 Å². The highest BCUT2D eigenvalue weighted by atomic mass is 19.1. The molecule has 2 aliphatic rings. The lowest BCUT2D eigenvalue weighted by Gasteiger charge is -2.39. The molecule has 0 saturated carbocycles. The summed E-state index contributed by atoms with van der Waals surface area (Å²) in [7, 11) is 0. The summed E-state index contributed by atoms with van der Waals surface area (Å²) >= 11 is 0. The Balaban J connectivity index is 1.55. The van der Waals surface area contributed by atoms with Gasteiger partial charge >= 0.3 is 0 Å². The first-order chi connectivity index (χ1) is 19.7. The summed E-state index contributed by atoms with van der Waals surface area (Å²) < 4.78 is 27.6. The van der Waals surface area contributed by atoms with Gasteiger partial charge in [0.1, 0.15) is 24.1 Å². The number of amides is 1. The molecule has 4 aromatic rings. The van der Waals surface area contributed by atoms with E-state index in [0.29, 0.717) is 46.5 Å². The Hall–Kier alpha value is -4.00. The van der Waals surface area contributed by atoms with Crippen molar-refractivity contribution in [1.29, 1.82) is 0 Å². The van der Waals surface area contributed by atoms with Crippen molar-refractivity contribution in [3.8, 4) is 17.0 Å². The third kappa shape index (κ3) is 5.03. The molecule has 0 aliphatic carbocycles. The lowest BCUT2D eigenvalue weighted by Crippen LogP contribution is -2.58. The number of pyridine rings is 2. The number of aliphatic hydroxyl groups excluding tert-OH is 2. The van der Waals surface area contributed by atoms with E-state index in [1.165, 1.54) is 24.8 Å². The molecule has 1 unspecified atom stereocenters. The number of rotatable bonds is 6. The van der Waals surface area contributed by atoms with Crippen LogP contribution < -0.4 is 4.74 Å². The van der Waals surface area contributed by atoms with Crippen LogP contribution in [0.1, 0.15) is 43.1 Å².